The molecule has 0 aliphatic carbocycles. The number of nitrogens with one attached hydrogen (secondary N) is 1. The van der Waals surface area contributed by atoms with Gasteiger partial charge >= 0.3 is 0 Å². The van der Waals surface area contributed by atoms with Crippen molar-refractivity contribution >= 4 is 56.7 Å². The van der Waals surface area contributed by atoms with Crippen molar-refractivity contribution in [2.45, 2.75) is 9.18 Å². The van der Waals surface area contributed by atoms with Gasteiger partial charge in [0.25, 0.3) is 0 Å². The van der Waals surface area contributed by atoms with Gasteiger partial charge in [-0.05, 0) is 12.1 Å². The third kappa shape index (κ3) is 2.42. The lowest BCUT2D eigenvalue weighted by Gasteiger charge is -2.16. The lowest BCUT2D eigenvalue weighted by Crippen LogP contribution is -2.19. The van der Waals surface area contributed by atoms with Crippen LogP contribution in [0.15, 0.2) is 23.1 Å². The molecule has 0 fully saturated rings. The van der Waals surface area contributed by atoms with Gasteiger partial charge in [-0.25, -0.2) is 0 Å². The number of Topliss-reactive ketones (excluding diaryl/α,β-unsaturated/α-hetero) is 1. The summed E-state index contributed by atoms with van der Waals surface area (Å²) in [5, 5.41) is 2.72. The van der Waals surface area contributed by atoms with E-state index in [2.05, 4.69) is 21.2 Å². The molecule has 2 rings (SSSR count). The summed E-state index contributed by atoms with van der Waals surface area (Å²) >= 11 is 10.1. The number of halogens is 2. The van der Waals surface area contributed by atoms with Crippen molar-refractivity contribution in [2.24, 2.45) is 0 Å². The lowest BCUT2D eigenvalue weighted by molar-refractivity contribution is -0.113. The molecule has 1 atom stereocenters. The molecule has 1 aromatic carbocycles. The van der Waals surface area contributed by atoms with E-state index in [0.717, 1.165) is 4.90 Å². The van der Waals surface area contributed by atoms with Crippen molar-refractivity contribution in [1.82, 2.24) is 0 Å². The molecule has 0 radical (unpaired) electrons. The summed E-state index contributed by atoms with van der Waals surface area (Å²) < 4.78 is -0.738. The van der Waals surface area contributed by atoms with Crippen LogP contribution in [0.3, 0.4) is 0 Å². The highest BCUT2D eigenvalue weighted by Gasteiger charge is 2.19. The van der Waals surface area contributed by atoms with Crippen LogP contribution in [0.1, 0.15) is 10.4 Å². The first-order valence-electron chi connectivity index (χ1n) is 4.47. The highest BCUT2D eigenvalue weighted by atomic mass is 79.9. The predicted molar refractivity (Wildman–Crippen MR) is 68.7 cm³/mol. The van der Waals surface area contributed by atoms with Gasteiger partial charge in [0, 0.05) is 10.5 Å². The minimum atomic E-state index is -0.738. The minimum Gasteiger partial charge on any atom is -0.324 e. The normalized spacial score (nSPS) is 16.2. The van der Waals surface area contributed by atoms with Crippen molar-refractivity contribution in [2.75, 3.05) is 11.1 Å². The van der Waals surface area contributed by atoms with E-state index in [1.54, 1.807) is 12.1 Å². The summed E-state index contributed by atoms with van der Waals surface area (Å²) in [6.45, 7) is 0. The Morgan fingerprint density at radius 2 is 2.31 bits per heavy atom. The third-order valence-corrected chi connectivity index (χ3v) is 3.78. The number of ketones is 1. The molecule has 0 aromatic heterocycles. The average Bonchev–Trinajstić information content (AvgIpc) is 2.26. The Morgan fingerprint density at radius 3 is 3.00 bits per heavy atom. The molecular formula is C10H7BrClNO2S. The van der Waals surface area contributed by atoms with Gasteiger partial charge in [-0.1, -0.05) is 22.0 Å². The maximum Gasteiger partial charge on any atom is 0.234 e. The highest BCUT2D eigenvalue weighted by Crippen LogP contribution is 2.32. The van der Waals surface area contributed by atoms with E-state index < -0.39 is 4.29 Å². The first-order chi connectivity index (χ1) is 7.58. The van der Waals surface area contributed by atoms with Crippen molar-refractivity contribution < 1.29 is 9.59 Å². The van der Waals surface area contributed by atoms with Crippen LogP contribution in [0.2, 0.25) is 0 Å². The Morgan fingerprint density at radius 1 is 1.56 bits per heavy atom. The van der Waals surface area contributed by atoms with Crippen LogP contribution in [0.4, 0.5) is 5.69 Å². The molecule has 1 unspecified atom stereocenters. The van der Waals surface area contributed by atoms with Crippen LogP contribution in [0.5, 0.6) is 0 Å². The highest BCUT2D eigenvalue weighted by molar-refractivity contribution is 9.10. The van der Waals surface area contributed by atoms with Crippen LogP contribution in [-0.4, -0.2) is 21.7 Å². The van der Waals surface area contributed by atoms with Crippen molar-refractivity contribution in [1.29, 1.82) is 0 Å². The molecule has 1 aromatic rings. The SMILES string of the molecule is O=C1CSc2ccc(C(=O)C(Cl)Br)cc2N1. The molecule has 84 valence electrons. The first-order valence-corrected chi connectivity index (χ1v) is 6.81. The number of carbonyl (C=O) groups is 2. The Bertz CT molecular complexity index is 464. The van der Waals surface area contributed by atoms with Gasteiger partial charge < -0.3 is 5.32 Å². The molecule has 0 bridgehead atoms. The molecule has 1 amide bonds. The second-order valence-corrected chi connectivity index (χ2v) is 6.11. The molecule has 1 aliphatic rings. The number of fused-ring (bicyclic) bond motifs is 1. The number of alkyl halides is 2. The zero-order valence-electron chi connectivity index (χ0n) is 8.00. The topological polar surface area (TPSA) is 46.2 Å². The second kappa shape index (κ2) is 4.77. The number of hydrogen-bond donors (Lipinski definition) is 1. The summed E-state index contributed by atoms with van der Waals surface area (Å²) in [6.07, 6.45) is 0. The number of rotatable bonds is 2. The fourth-order valence-electron chi connectivity index (χ4n) is 1.36. The van der Waals surface area contributed by atoms with Gasteiger partial charge in [-0.15, -0.1) is 23.4 Å². The molecule has 0 spiro atoms. The number of thioether (sulfide) groups is 1. The smallest absolute Gasteiger partial charge is 0.234 e. The van der Waals surface area contributed by atoms with Crippen LogP contribution in [0, 0.1) is 0 Å². The second-order valence-electron chi connectivity index (χ2n) is 3.21. The first kappa shape index (κ1) is 12.0. The largest absolute Gasteiger partial charge is 0.324 e. The molecule has 1 heterocycles. The lowest BCUT2D eigenvalue weighted by atomic mass is 10.1. The molecular weight excluding hydrogens is 314 g/mol. The van der Waals surface area contributed by atoms with E-state index in [-0.39, 0.29) is 11.7 Å². The molecule has 6 heteroatoms. The Balaban J connectivity index is 2.35. The summed E-state index contributed by atoms with van der Waals surface area (Å²) in [6, 6.07) is 5.18. The molecule has 3 nitrogen and oxygen atoms in total. The summed E-state index contributed by atoms with van der Waals surface area (Å²) in [5.41, 5.74) is 1.16. The summed E-state index contributed by atoms with van der Waals surface area (Å²) in [5.74, 6) is 0.147. The zero-order chi connectivity index (χ0) is 11.7. The van der Waals surface area contributed by atoms with Gasteiger partial charge in [0.2, 0.25) is 5.91 Å². The number of benzene rings is 1. The monoisotopic (exact) mass is 319 g/mol. The van der Waals surface area contributed by atoms with E-state index in [4.69, 9.17) is 11.6 Å². The van der Waals surface area contributed by atoms with Crippen LogP contribution in [0.25, 0.3) is 0 Å². The number of amides is 1. The maximum absolute atomic E-state index is 11.6. The van der Waals surface area contributed by atoms with Crippen LogP contribution in [-0.2, 0) is 4.79 Å². The summed E-state index contributed by atoms with van der Waals surface area (Å²) in [4.78, 5) is 23.8. The van der Waals surface area contributed by atoms with Crippen molar-refractivity contribution in [3.63, 3.8) is 0 Å². The fraction of sp³-hybridized carbons (Fsp3) is 0.200. The van der Waals surface area contributed by atoms with Crippen molar-refractivity contribution in [3.8, 4) is 0 Å². The molecule has 16 heavy (non-hydrogen) atoms. The van der Waals surface area contributed by atoms with Gasteiger partial charge in [-0.3, -0.25) is 9.59 Å². The van der Waals surface area contributed by atoms with Gasteiger partial charge in [0.1, 0.15) is 0 Å². The molecule has 1 N–H and O–H groups in total. The van der Waals surface area contributed by atoms with E-state index in [0.29, 0.717) is 17.0 Å². The van der Waals surface area contributed by atoms with Gasteiger partial charge in [-0.2, -0.15) is 0 Å². The fourth-order valence-corrected chi connectivity index (χ4v) is 2.54. The van der Waals surface area contributed by atoms with E-state index in [1.165, 1.54) is 11.8 Å². The Kier molecular flexibility index (Phi) is 3.56. The van der Waals surface area contributed by atoms with Gasteiger partial charge in [0.05, 0.1) is 11.4 Å². The average molecular weight is 321 g/mol. The van der Waals surface area contributed by atoms with Gasteiger partial charge in [0.15, 0.2) is 10.1 Å². The zero-order valence-corrected chi connectivity index (χ0v) is 11.2. The van der Waals surface area contributed by atoms with Crippen LogP contribution < -0.4 is 5.32 Å². The Hall–Kier alpha value is -0.520. The van der Waals surface area contributed by atoms with E-state index >= 15 is 0 Å². The standard InChI is InChI=1S/C10H7BrClNO2S/c11-10(12)9(15)5-1-2-7-6(3-5)13-8(14)4-16-7/h1-3,10H,4H2,(H,13,14). The third-order valence-electron chi connectivity index (χ3n) is 2.10. The molecule has 0 saturated carbocycles. The number of hydrogen-bond acceptors (Lipinski definition) is 3. The predicted octanol–water partition coefficient (Wildman–Crippen LogP) is 2.87. The van der Waals surface area contributed by atoms with E-state index in [1.807, 2.05) is 6.07 Å². The molecule has 1 aliphatic heterocycles. The number of anilines is 1. The van der Waals surface area contributed by atoms with Crippen LogP contribution >= 0.6 is 39.3 Å². The number of carbonyl (C=O) groups excluding carboxylic acids is 2. The molecule has 0 saturated heterocycles. The summed E-state index contributed by atoms with van der Waals surface area (Å²) in [7, 11) is 0. The minimum absolute atomic E-state index is 0.0524. The maximum atomic E-state index is 11.6. The van der Waals surface area contributed by atoms with Crippen molar-refractivity contribution in [3.05, 3.63) is 23.8 Å². The van der Waals surface area contributed by atoms with E-state index in [9.17, 15) is 9.59 Å². The quantitative estimate of drug-likeness (QED) is 0.673. The Labute approximate surface area is 110 Å².